The molecule has 0 radical (unpaired) electrons. The number of para-hydroxylation sites is 7. The Hall–Kier alpha value is -12.0. The summed E-state index contributed by atoms with van der Waals surface area (Å²) in [5.74, 6) is 0. The van der Waals surface area contributed by atoms with Crippen LogP contribution in [-0.4, -0.2) is 23.4 Å². The second-order valence-corrected chi connectivity index (χ2v) is 36.3. The Bertz CT molecular complexity index is 6430. The molecule has 592 valence electrons. The summed E-state index contributed by atoms with van der Waals surface area (Å²) in [4.78, 5) is 0. The van der Waals surface area contributed by atoms with Crippen molar-refractivity contribution in [2.75, 3.05) is 0 Å². The van der Waals surface area contributed by atoms with E-state index in [4.69, 9.17) is 0 Å². The van der Waals surface area contributed by atoms with Crippen LogP contribution >= 0.6 is 0 Å². The summed E-state index contributed by atoms with van der Waals surface area (Å²) in [5, 5.41) is 2.53. The Kier molecular flexibility index (Phi) is 20.7. The Morgan fingerprint density at radius 1 is 0.274 bits per heavy atom. The molecular formula is C107H119N10+5. The molecule has 0 N–H and O–H groups in total. The van der Waals surface area contributed by atoms with Gasteiger partial charge in [0, 0.05) is 49.7 Å². The van der Waals surface area contributed by atoms with Crippen molar-refractivity contribution in [3.05, 3.63) is 358 Å². The molecule has 19 rings (SSSR count). The normalized spacial score (nSPS) is 14.9. The van der Waals surface area contributed by atoms with Gasteiger partial charge in [0.2, 0.25) is 23.8 Å². The van der Waals surface area contributed by atoms with Crippen LogP contribution in [-0.2, 0) is 67.7 Å². The third-order valence-electron chi connectivity index (χ3n) is 27.5. The molecule has 3 aliphatic rings. The van der Waals surface area contributed by atoms with Crippen molar-refractivity contribution < 1.29 is 23.4 Å². The lowest BCUT2D eigenvalue weighted by Gasteiger charge is -2.46. The minimum Gasteiger partial charge on any atom is -0.124 e. The first-order valence-electron chi connectivity index (χ1n) is 41.6. The first-order valence-corrected chi connectivity index (χ1v) is 41.6. The predicted molar refractivity (Wildman–Crippen MR) is 483 cm³/mol. The van der Waals surface area contributed by atoms with Gasteiger partial charge in [0.05, 0.1) is 27.6 Å². The van der Waals surface area contributed by atoms with Gasteiger partial charge in [0.25, 0.3) is 0 Å². The van der Waals surface area contributed by atoms with Gasteiger partial charge in [-0.3, -0.25) is 0 Å². The standard InChI is InChI=1S/C31H35N2.C23H27N2.C21H19N2.C17H23N2.C15H15N2/c1-20-17-21(2)19-24(18-20)28-26(23-14-10-9-11-15-23)29-31(6,7)30(4,5)25-16-12-13-22(3)27(25)33(29)32(28)8;1-16-11-10-14-19-20(16)25-21(23(4,5)22(19,2)3)18(15-24(25)6)17-12-8-7-9-13-17;1-16-10-6-8-14-19(16)23-20-15-9-7-13-18(20)21(22(23)2)17-11-4-3-5-12-17;1-12-8-7-9-13-15(12)19-14(10-11-18(19)6)17(4,5)16(13,2)3;1-12-7-3-5-9-14(12)17-15-10-6-4-8-13(15)11-16(17)2/h9-19H,1-8H3;7-15H,1-6H3;3-15H,1-2H3;7-11H,1-6H3;3-11H,1-2H3/q5*+1. The smallest absolute Gasteiger partial charge is 0.124 e. The topological polar surface area (TPSA) is 44.0 Å². The zero-order valence-corrected chi connectivity index (χ0v) is 73.6. The van der Waals surface area contributed by atoms with Crippen molar-refractivity contribution in [2.45, 2.75) is 164 Å². The van der Waals surface area contributed by atoms with E-state index in [1.54, 1.807) is 0 Å². The van der Waals surface area contributed by atoms with Gasteiger partial charge in [-0.2, -0.15) is 0 Å². The number of hydrogen-bond donors (Lipinski definition) is 0. The maximum atomic E-state index is 2.51. The van der Waals surface area contributed by atoms with E-state index in [9.17, 15) is 0 Å². The summed E-state index contributed by atoms with van der Waals surface area (Å²) >= 11 is 0. The van der Waals surface area contributed by atoms with Gasteiger partial charge < -0.3 is 0 Å². The van der Waals surface area contributed by atoms with Gasteiger partial charge >= 0.3 is 0 Å². The van der Waals surface area contributed by atoms with Crippen LogP contribution in [0.1, 0.15) is 156 Å². The molecule has 0 fully saturated rings. The fraction of sp³-hybridized carbons (Fsp3) is 0.280. The maximum absolute atomic E-state index is 2.51. The van der Waals surface area contributed by atoms with Crippen LogP contribution in [0.4, 0.5) is 0 Å². The fourth-order valence-electron chi connectivity index (χ4n) is 19.2. The summed E-state index contributed by atoms with van der Waals surface area (Å²) in [6, 6.07) is 95.7. The van der Waals surface area contributed by atoms with E-state index in [0.29, 0.717) is 0 Å². The van der Waals surface area contributed by atoms with Crippen LogP contribution in [0.25, 0.3) is 95.0 Å². The summed E-state index contributed by atoms with van der Waals surface area (Å²) in [6.45, 7) is 44.0. The second kappa shape index (κ2) is 30.2. The molecule has 10 nitrogen and oxygen atoms in total. The number of aromatic nitrogens is 10. The van der Waals surface area contributed by atoms with Crippen molar-refractivity contribution in [3.8, 4) is 73.2 Å². The highest BCUT2D eigenvalue weighted by Gasteiger charge is 2.55. The molecule has 0 spiro atoms. The highest BCUT2D eigenvalue weighted by atomic mass is 15.4. The van der Waals surface area contributed by atoms with E-state index in [-0.39, 0.29) is 32.5 Å². The van der Waals surface area contributed by atoms with E-state index >= 15 is 0 Å². The van der Waals surface area contributed by atoms with Crippen molar-refractivity contribution in [1.29, 1.82) is 0 Å². The number of fused-ring (bicyclic) bond motifs is 11. The lowest BCUT2D eigenvalue weighted by molar-refractivity contribution is -0.745. The molecule has 0 saturated heterocycles. The highest BCUT2D eigenvalue weighted by Crippen LogP contribution is 2.56. The van der Waals surface area contributed by atoms with Crippen LogP contribution in [0.3, 0.4) is 0 Å². The van der Waals surface area contributed by atoms with Crippen molar-refractivity contribution in [2.24, 2.45) is 35.2 Å². The Labute approximate surface area is 695 Å². The summed E-state index contributed by atoms with van der Waals surface area (Å²) in [6.07, 6.45) is 6.60. The monoisotopic (exact) mass is 1540 g/mol. The van der Waals surface area contributed by atoms with E-state index in [1.165, 1.54) is 168 Å². The second-order valence-electron chi connectivity index (χ2n) is 36.3. The largest absolute Gasteiger partial charge is 0.246 e. The zero-order valence-electron chi connectivity index (χ0n) is 73.6. The van der Waals surface area contributed by atoms with Crippen molar-refractivity contribution in [3.63, 3.8) is 0 Å². The van der Waals surface area contributed by atoms with Crippen LogP contribution in [0.5, 0.6) is 0 Å². The molecule has 0 saturated carbocycles. The fourth-order valence-corrected chi connectivity index (χ4v) is 19.2. The molecule has 10 heteroatoms. The molecular weight excluding hydrogens is 1430 g/mol. The van der Waals surface area contributed by atoms with Crippen LogP contribution in [0.2, 0.25) is 0 Å². The highest BCUT2D eigenvalue weighted by molar-refractivity contribution is 5.92. The van der Waals surface area contributed by atoms with Gasteiger partial charge in [-0.25, -0.2) is 0 Å². The van der Waals surface area contributed by atoms with Crippen molar-refractivity contribution >= 4 is 21.8 Å². The lowest BCUT2D eigenvalue weighted by Crippen LogP contribution is -2.51. The summed E-state index contributed by atoms with van der Waals surface area (Å²) in [5.41, 5.74) is 36.9. The average molecular weight is 1550 g/mol. The Morgan fingerprint density at radius 2 is 0.684 bits per heavy atom. The minimum absolute atomic E-state index is 0.000226. The third-order valence-corrected chi connectivity index (χ3v) is 27.5. The van der Waals surface area contributed by atoms with Gasteiger partial charge in [0.1, 0.15) is 50.9 Å². The molecule has 0 amide bonds. The van der Waals surface area contributed by atoms with Crippen LogP contribution in [0, 0.1) is 48.5 Å². The van der Waals surface area contributed by atoms with E-state index in [2.05, 4.69) is 499 Å². The number of aryl methyl sites for hydroxylation is 10. The molecule has 0 atom stereocenters. The van der Waals surface area contributed by atoms with Gasteiger partial charge in [0.15, 0.2) is 41.4 Å². The number of hydrogen-bond acceptors (Lipinski definition) is 0. The zero-order chi connectivity index (χ0) is 83.3. The number of nitrogens with zero attached hydrogens (tertiary/aromatic N) is 10. The average Bonchev–Trinajstić information content (AvgIpc) is 1.66. The Balaban J connectivity index is 0.000000117. The first kappa shape index (κ1) is 80.2. The van der Waals surface area contributed by atoms with E-state index in [0.717, 1.165) is 0 Å². The van der Waals surface area contributed by atoms with Crippen LogP contribution in [0.15, 0.2) is 286 Å². The molecule has 11 aromatic carbocycles. The minimum atomic E-state index is -0.0894. The Morgan fingerprint density at radius 3 is 1.22 bits per heavy atom. The molecule has 8 heterocycles. The summed E-state index contributed by atoms with van der Waals surface area (Å²) < 4.78 is 23.1. The predicted octanol–water partition coefficient (Wildman–Crippen LogP) is 22.3. The molecule has 5 aromatic heterocycles. The molecule has 0 aliphatic carbocycles. The van der Waals surface area contributed by atoms with Gasteiger partial charge in [-0.15, -0.1) is 46.8 Å². The van der Waals surface area contributed by atoms with Gasteiger partial charge in [-0.1, -0.05) is 294 Å². The molecule has 3 aliphatic heterocycles. The lowest BCUT2D eigenvalue weighted by atomic mass is 9.59. The van der Waals surface area contributed by atoms with E-state index in [1.807, 2.05) is 0 Å². The number of rotatable bonds is 6. The SMILES string of the molecule is Cc1cc(C)cc(-c2c(-c3ccccc3)c3n([n+]2C)-c2c(C)cccc2C(C)(C)C3(C)C)c1.Cc1cccc2c1-n1c(c(-c3ccccc3)c[n+]1C)C(C)(C)C2(C)C.Cc1cccc2c1-n1c(cc[n+]1C)C(C)(C)C2(C)C.Cc1ccccc1-n1c2ccccc2c(-c2ccccc2)[n+]1C.Cc1ccccc1-n1c2ccccc2c[n+]1C. The van der Waals surface area contributed by atoms with Gasteiger partial charge in [-0.05, 0) is 165 Å². The molecule has 117 heavy (non-hydrogen) atoms. The maximum Gasteiger partial charge on any atom is 0.246 e. The van der Waals surface area contributed by atoms with Crippen LogP contribution < -0.4 is 23.4 Å². The summed E-state index contributed by atoms with van der Waals surface area (Å²) in [7, 11) is 10.7. The molecule has 16 aromatic rings. The first-order chi connectivity index (χ1) is 55.6. The quantitative estimate of drug-likeness (QED) is 0.149. The third kappa shape index (κ3) is 13.2. The number of benzene rings is 11. The van der Waals surface area contributed by atoms with E-state index < -0.39 is 0 Å². The van der Waals surface area contributed by atoms with Crippen molar-refractivity contribution in [1.82, 2.24) is 23.4 Å². The molecule has 0 unspecified atom stereocenters. The molecule has 0 bridgehead atoms.